The zero-order valence-electron chi connectivity index (χ0n) is 17.3. The van der Waals surface area contributed by atoms with Crippen molar-refractivity contribution in [1.29, 1.82) is 0 Å². The highest BCUT2D eigenvalue weighted by Crippen LogP contribution is 2.39. The van der Waals surface area contributed by atoms with Crippen molar-refractivity contribution >= 4 is 11.8 Å². The maximum Gasteiger partial charge on any atom is 0.307 e. The van der Waals surface area contributed by atoms with Gasteiger partial charge >= 0.3 is 5.97 Å². The van der Waals surface area contributed by atoms with Gasteiger partial charge in [0.2, 0.25) is 12.5 Å². The van der Waals surface area contributed by atoms with Crippen molar-refractivity contribution in [3.05, 3.63) is 41.5 Å². The Balaban J connectivity index is 1.87. The van der Waals surface area contributed by atoms with Crippen molar-refractivity contribution in [2.75, 3.05) is 28.1 Å². The summed E-state index contributed by atoms with van der Waals surface area (Å²) in [4.78, 5) is 25.0. The molecule has 0 spiro atoms. The SMILES string of the molecule is COc1cc(CC(C(=O)O)C(C)C(=O)c2ccc3c(c2)OCO3)cc(OC)c1OC. The predicted octanol–water partition coefficient (Wildman–Crippen LogP) is 3.20. The Kier molecular flexibility index (Phi) is 6.34. The van der Waals surface area contributed by atoms with Crippen LogP contribution in [-0.2, 0) is 11.2 Å². The van der Waals surface area contributed by atoms with Gasteiger partial charge in [0, 0.05) is 11.5 Å². The first-order valence-electron chi connectivity index (χ1n) is 9.35. The minimum absolute atomic E-state index is 0.0986. The summed E-state index contributed by atoms with van der Waals surface area (Å²) in [6, 6.07) is 8.23. The Labute approximate surface area is 174 Å². The highest BCUT2D eigenvalue weighted by molar-refractivity contribution is 6.00. The van der Waals surface area contributed by atoms with Gasteiger partial charge in [-0.25, -0.2) is 0 Å². The largest absolute Gasteiger partial charge is 0.493 e. The first-order valence-corrected chi connectivity index (χ1v) is 9.35. The van der Waals surface area contributed by atoms with Crippen LogP contribution in [0.5, 0.6) is 28.7 Å². The number of carbonyl (C=O) groups is 2. The molecule has 2 aromatic carbocycles. The lowest BCUT2D eigenvalue weighted by molar-refractivity contribution is -0.142. The molecule has 30 heavy (non-hydrogen) atoms. The molecule has 1 N–H and O–H groups in total. The van der Waals surface area contributed by atoms with Gasteiger partial charge in [-0.1, -0.05) is 6.92 Å². The number of methoxy groups -OCH3 is 3. The average molecular weight is 416 g/mol. The van der Waals surface area contributed by atoms with Gasteiger partial charge in [-0.3, -0.25) is 9.59 Å². The highest BCUT2D eigenvalue weighted by atomic mass is 16.7. The smallest absolute Gasteiger partial charge is 0.307 e. The second-order valence-electron chi connectivity index (χ2n) is 6.90. The first kappa shape index (κ1) is 21.3. The van der Waals surface area contributed by atoms with Gasteiger partial charge in [-0.2, -0.15) is 0 Å². The number of ether oxygens (including phenoxy) is 5. The molecule has 2 unspecified atom stereocenters. The third-order valence-corrected chi connectivity index (χ3v) is 5.17. The zero-order chi connectivity index (χ0) is 21.8. The fourth-order valence-electron chi connectivity index (χ4n) is 3.48. The van der Waals surface area contributed by atoms with Crippen LogP contribution in [0.2, 0.25) is 0 Å². The molecule has 2 aromatic rings. The third-order valence-electron chi connectivity index (χ3n) is 5.17. The van der Waals surface area contributed by atoms with Crippen molar-refractivity contribution in [3.63, 3.8) is 0 Å². The number of rotatable bonds is 9. The molecule has 1 heterocycles. The van der Waals surface area contributed by atoms with Crippen LogP contribution in [0, 0.1) is 11.8 Å². The Morgan fingerprint density at radius 1 is 1.00 bits per heavy atom. The summed E-state index contributed by atoms with van der Waals surface area (Å²) in [5.74, 6) is -0.779. The van der Waals surface area contributed by atoms with E-state index >= 15 is 0 Å². The van der Waals surface area contributed by atoms with E-state index in [4.69, 9.17) is 23.7 Å². The van der Waals surface area contributed by atoms with Gasteiger partial charge < -0.3 is 28.8 Å². The standard InChI is InChI=1S/C22H24O8/c1-12(20(23)14-5-6-16-17(10-14)30-11-29-16)15(22(24)25)7-13-8-18(26-2)21(28-4)19(9-13)27-3/h5-6,8-10,12,15H,7,11H2,1-4H3,(H,24,25). The summed E-state index contributed by atoms with van der Waals surface area (Å²) >= 11 is 0. The molecule has 160 valence electrons. The molecule has 0 fully saturated rings. The Morgan fingerprint density at radius 2 is 1.63 bits per heavy atom. The highest BCUT2D eigenvalue weighted by Gasteiger charge is 2.32. The normalized spacial score (nSPS) is 14.0. The molecule has 0 radical (unpaired) electrons. The van der Waals surface area contributed by atoms with E-state index in [0.29, 0.717) is 39.9 Å². The van der Waals surface area contributed by atoms with E-state index in [-0.39, 0.29) is 19.0 Å². The topological polar surface area (TPSA) is 101 Å². The number of hydrogen-bond acceptors (Lipinski definition) is 7. The second kappa shape index (κ2) is 8.94. The van der Waals surface area contributed by atoms with E-state index < -0.39 is 17.8 Å². The number of aliphatic carboxylic acids is 1. The van der Waals surface area contributed by atoms with Crippen LogP contribution in [-0.4, -0.2) is 45.0 Å². The fourth-order valence-corrected chi connectivity index (χ4v) is 3.48. The van der Waals surface area contributed by atoms with Crippen molar-refractivity contribution in [2.45, 2.75) is 13.3 Å². The molecule has 8 heteroatoms. The lowest BCUT2D eigenvalue weighted by Gasteiger charge is -2.21. The maximum absolute atomic E-state index is 13.0. The molecule has 0 aromatic heterocycles. The molecule has 8 nitrogen and oxygen atoms in total. The lowest BCUT2D eigenvalue weighted by Crippen LogP contribution is -2.29. The van der Waals surface area contributed by atoms with Gasteiger partial charge in [0.1, 0.15) is 0 Å². The van der Waals surface area contributed by atoms with Crippen LogP contribution >= 0.6 is 0 Å². The minimum Gasteiger partial charge on any atom is -0.493 e. The molecule has 1 aliphatic rings. The molecule has 0 bridgehead atoms. The molecule has 3 rings (SSSR count). The van der Waals surface area contributed by atoms with Crippen molar-refractivity contribution < 1.29 is 38.4 Å². The number of carboxylic acids is 1. The summed E-state index contributed by atoms with van der Waals surface area (Å²) in [5.41, 5.74) is 1.03. The van der Waals surface area contributed by atoms with Gasteiger partial charge in [-0.05, 0) is 42.3 Å². The van der Waals surface area contributed by atoms with Crippen LogP contribution in [0.3, 0.4) is 0 Å². The lowest BCUT2D eigenvalue weighted by atomic mass is 9.83. The monoisotopic (exact) mass is 416 g/mol. The number of benzene rings is 2. The molecule has 0 saturated heterocycles. The van der Waals surface area contributed by atoms with Gasteiger partial charge in [-0.15, -0.1) is 0 Å². The van der Waals surface area contributed by atoms with Gasteiger partial charge in [0.15, 0.2) is 28.8 Å². The van der Waals surface area contributed by atoms with E-state index in [2.05, 4.69) is 0 Å². The summed E-state index contributed by atoms with van der Waals surface area (Å²) in [7, 11) is 4.47. The van der Waals surface area contributed by atoms with Crippen LogP contribution < -0.4 is 23.7 Å². The number of fused-ring (bicyclic) bond motifs is 1. The number of carboxylic acid groups (broad SMARTS) is 1. The molecule has 1 aliphatic heterocycles. The van der Waals surface area contributed by atoms with Crippen molar-refractivity contribution in [1.82, 2.24) is 0 Å². The number of ketones is 1. The molecular weight excluding hydrogens is 392 g/mol. The van der Waals surface area contributed by atoms with Crippen LogP contribution in [0.15, 0.2) is 30.3 Å². The number of hydrogen-bond donors (Lipinski definition) is 1. The number of Topliss-reactive ketones (excluding diaryl/α,β-unsaturated/α-hetero) is 1. The molecule has 0 amide bonds. The van der Waals surface area contributed by atoms with Crippen LogP contribution in [0.25, 0.3) is 0 Å². The van der Waals surface area contributed by atoms with E-state index in [1.807, 2.05) is 0 Å². The average Bonchev–Trinajstić information content (AvgIpc) is 3.23. The minimum atomic E-state index is -1.06. The van der Waals surface area contributed by atoms with Crippen molar-refractivity contribution in [2.24, 2.45) is 11.8 Å². The second-order valence-corrected chi connectivity index (χ2v) is 6.90. The van der Waals surface area contributed by atoms with Gasteiger partial charge in [0.25, 0.3) is 0 Å². The van der Waals surface area contributed by atoms with E-state index in [1.165, 1.54) is 21.3 Å². The predicted molar refractivity (Wildman–Crippen MR) is 107 cm³/mol. The Bertz CT molecular complexity index is 927. The molecule has 0 aliphatic carbocycles. The zero-order valence-corrected chi connectivity index (χ0v) is 17.3. The maximum atomic E-state index is 13.0. The molecule has 0 saturated carbocycles. The summed E-state index contributed by atoms with van der Waals surface area (Å²) in [6.45, 7) is 1.71. The van der Waals surface area contributed by atoms with Crippen LogP contribution in [0.1, 0.15) is 22.8 Å². The Hall–Kier alpha value is -3.42. The summed E-state index contributed by atoms with van der Waals surface area (Å²) in [5, 5.41) is 9.83. The number of carbonyl (C=O) groups excluding carboxylic acids is 1. The van der Waals surface area contributed by atoms with Crippen LogP contribution in [0.4, 0.5) is 0 Å². The van der Waals surface area contributed by atoms with Gasteiger partial charge in [0.05, 0.1) is 27.2 Å². The third kappa shape index (κ3) is 4.12. The van der Waals surface area contributed by atoms with E-state index in [0.717, 1.165) is 0 Å². The quantitative estimate of drug-likeness (QED) is 0.622. The first-order chi connectivity index (χ1) is 14.4. The summed E-state index contributed by atoms with van der Waals surface area (Å²) < 4.78 is 26.6. The van der Waals surface area contributed by atoms with E-state index in [1.54, 1.807) is 37.3 Å². The molecular formula is C22H24O8. The Morgan fingerprint density at radius 3 is 2.20 bits per heavy atom. The summed E-state index contributed by atoms with van der Waals surface area (Å²) in [6.07, 6.45) is 0.115. The fraction of sp³-hybridized carbons (Fsp3) is 0.364. The van der Waals surface area contributed by atoms with Crippen molar-refractivity contribution in [3.8, 4) is 28.7 Å². The molecule has 2 atom stereocenters. The van der Waals surface area contributed by atoms with E-state index in [9.17, 15) is 14.7 Å².